The molecule has 0 aromatic heterocycles. The van der Waals surface area contributed by atoms with Crippen LogP contribution in [-0.2, 0) is 16.0 Å². The molecule has 0 radical (unpaired) electrons. The minimum absolute atomic E-state index is 0.207. The molecule has 28 heavy (non-hydrogen) atoms. The van der Waals surface area contributed by atoms with E-state index in [2.05, 4.69) is 39.8 Å². The van der Waals surface area contributed by atoms with E-state index in [1.807, 2.05) is 37.3 Å². The number of amides is 2. The van der Waals surface area contributed by atoms with E-state index < -0.39 is 11.8 Å². The first kappa shape index (κ1) is 19.9. The zero-order valence-electron chi connectivity index (χ0n) is 16.5. The molecule has 1 aliphatic heterocycles. The molecule has 2 N–H and O–H groups in total. The lowest BCUT2D eigenvalue weighted by molar-refractivity contribution is -0.139. The highest BCUT2D eigenvalue weighted by Crippen LogP contribution is 2.20. The molecule has 0 aliphatic carbocycles. The predicted molar refractivity (Wildman–Crippen MR) is 112 cm³/mol. The molecule has 2 aromatic rings. The van der Waals surface area contributed by atoms with Crippen molar-refractivity contribution in [1.82, 2.24) is 10.6 Å². The minimum Gasteiger partial charge on any atom is -0.372 e. The van der Waals surface area contributed by atoms with Crippen molar-refractivity contribution in [2.24, 2.45) is 0 Å². The summed E-state index contributed by atoms with van der Waals surface area (Å²) in [6, 6.07) is 17.9. The van der Waals surface area contributed by atoms with Gasteiger partial charge in [0.1, 0.15) is 0 Å². The van der Waals surface area contributed by atoms with Gasteiger partial charge in [0.25, 0.3) is 0 Å². The summed E-state index contributed by atoms with van der Waals surface area (Å²) in [6.07, 6.45) is 4.55. The minimum atomic E-state index is -0.600. The number of benzene rings is 2. The zero-order chi connectivity index (χ0) is 19.8. The van der Waals surface area contributed by atoms with Crippen LogP contribution in [-0.4, -0.2) is 31.4 Å². The normalized spacial score (nSPS) is 15.0. The molecule has 1 heterocycles. The highest BCUT2D eigenvalue weighted by atomic mass is 16.2. The molecule has 1 unspecified atom stereocenters. The Kier molecular flexibility index (Phi) is 7.06. The molecule has 2 aromatic carbocycles. The van der Waals surface area contributed by atoms with Crippen LogP contribution in [0.2, 0.25) is 0 Å². The highest BCUT2D eigenvalue weighted by Gasteiger charge is 2.16. The fraction of sp³-hybridized carbons (Fsp3) is 0.391. The Morgan fingerprint density at radius 2 is 1.61 bits per heavy atom. The van der Waals surface area contributed by atoms with E-state index in [9.17, 15) is 9.59 Å². The fourth-order valence-electron chi connectivity index (χ4n) is 3.51. The summed E-state index contributed by atoms with van der Waals surface area (Å²) in [5, 5.41) is 5.44. The van der Waals surface area contributed by atoms with Crippen molar-refractivity contribution in [3.8, 4) is 0 Å². The van der Waals surface area contributed by atoms with Crippen LogP contribution in [0.5, 0.6) is 0 Å². The van der Waals surface area contributed by atoms with Gasteiger partial charge in [-0.1, -0.05) is 42.5 Å². The van der Waals surface area contributed by atoms with E-state index in [0.29, 0.717) is 13.0 Å². The van der Waals surface area contributed by atoms with Gasteiger partial charge in [0.05, 0.1) is 6.04 Å². The SMILES string of the molecule is CC(NC(=O)C(=O)NCCc1ccc(N2CCCCC2)cc1)c1ccccc1. The Labute approximate surface area is 167 Å². The lowest BCUT2D eigenvalue weighted by atomic mass is 10.1. The lowest BCUT2D eigenvalue weighted by Gasteiger charge is -2.28. The van der Waals surface area contributed by atoms with Crippen LogP contribution >= 0.6 is 0 Å². The van der Waals surface area contributed by atoms with E-state index in [0.717, 1.165) is 24.2 Å². The molecule has 2 amide bonds. The van der Waals surface area contributed by atoms with E-state index in [1.54, 1.807) is 0 Å². The number of carbonyl (C=O) groups excluding carboxylic acids is 2. The van der Waals surface area contributed by atoms with E-state index in [-0.39, 0.29) is 6.04 Å². The average molecular weight is 380 g/mol. The molecule has 5 nitrogen and oxygen atoms in total. The van der Waals surface area contributed by atoms with Gasteiger partial charge in [0, 0.05) is 25.3 Å². The first-order valence-corrected chi connectivity index (χ1v) is 10.1. The first-order valence-electron chi connectivity index (χ1n) is 10.1. The first-order chi connectivity index (χ1) is 13.6. The maximum Gasteiger partial charge on any atom is 0.309 e. The van der Waals surface area contributed by atoms with Crippen molar-refractivity contribution >= 4 is 17.5 Å². The summed E-state index contributed by atoms with van der Waals surface area (Å²) < 4.78 is 0. The Balaban J connectivity index is 1.41. The number of rotatable bonds is 6. The molecule has 5 heteroatoms. The third-order valence-electron chi connectivity index (χ3n) is 5.21. The van der Waals surface area contributed by atoms with Crippen LogP contribution in [0.15, 0.2) is 54.6 Å². The quantitative estimate of drug-likeness (QED) is 0.758. The van der Waals surface area contributed by atoms with Crippen LogP contribution < -0.4 is 15.5 Å². The van der Waals surface area contributed by atoms with Crippen LogP contribution in [0, 0.1) is 0 Å². The average Bonchev–Trinajstić information content (AvgIpc) is 2.75. The summed E-state index contributed by atoms with van der Waals surface area (Å²) in [6.45, 7) is 4.57. The predicted octanol–water partition coefficient (Wildman–Crippen LogP) is 3.21. The molecule has 1 fully saturated rings. The van der Waals surface area contributed by atoms with Crippen molar-refractivity contribution in [3.05, 3.63) is 65.7 Å². The Bertz CT molecular complexity index is 768. The number of hydrogen-bond acceptors (Lipinski definition) is 3. The van der Waals surface area contributed by atoms with Crippen LogP contribution in [0.4, 0.5) is 5.69 Å². The molecular formula is C23H29N3O2. The van der Waals surface area contributed by atoms with Crippen molar-refractivity contribution in [1.29, 1.82) is 0 Å². The van der Waals surface area contributed by atoms with Gasteiger partial charge in [-0.2, -0.15) is 0 Å². The molecule has 1 atom stereocenters. The van der Waals surface area contributed by atoms with Crippen molar-refractivity contribution in [2.75, 3.05) is 24.5 Å². The number of carbonyl (C=O) groups is 2. The summed E-state index contributed by atoms with van der Waals surface area (Å²) in [7, 11) is 0. The third kappa shape index (κ3) is 5.59. The van der Waals surface area contributed by atoms with Crippen molar-refractivity contribution < 1.29 is 9.59 Å². The topological polar surface area (TPSA) is 61.4 Å². The Morgan fingerprint density at radius 3 is 2.29 bits per heavy atom. The lowest BCUT2D eigenvalue weighted by Crippen LogP contribution is -2.41. The van der Waals surface area contributed by atoms with Gasteiger partial charge < -0.3 is 15.5 Å². The van der Waals surface area contributed by atoms with Gasteiger partial charge in [-0.05, 0) is 55.9 Å². The zero-order valence-corrected chi connectivity index (χ0v) is 16.5. The maximum absolute atomic E-state index is 12.1. The second kappa shape index (κ2) is 9.93. The van der Waals surface area contributed by atoms with Crippen LogP contribution in [0.25, 0.3) is 0 Å². The van der Waals surface area contributed by atoms with Gasteiger partial charge in [-0.15, -0.1) is 0 Å². The number of nitrogens with zero attached hydrogens (tertiary/aromatic N) is 1. The molecule has 3 rings (SSSR count). The van der Waals surface area contributed by atoms with Crippen molar-refractivity contribution in [2.45, 2.75) is 38.6 Å². The molecule has 148 valence electrons. The van der Waals surface area contributed by atoms with Gasteiger partial charge >= 0.3 is 11.8 Å². The molecule has 0 saturated carbocycles. The second-order valence-corrected chi connectivity index (χ2v) is 7.33. The van der Waals surface area contributed by atoms with E-state index in [1.165, 1.54) is 24.9 Å². The molecule has 0 spiro atoms. The molecular weight excluding hydrogens is 350 g/mol. The van der Waals surface area contributed by atoms with E-state index >= 15 is 0 Å². The van der Waals surface area contributed by atoms with E-state index in [4.69, 9.17) is 0 Å². The Morgan fingerprint density at radius 1 is 0.929 bits per heavy atom. The van der Waals surface area contributed by atoms with Gasteiger partial charge in [-0.3, -0.25) is 9.59 Å². The summed E-state index contributed by atoms with van der Waals surface area (Å²) in [5.74, 6) is -1.19. The molecule has 1 saturated heterocycles. The molecule has 0 bridgehead atoms. The van der Waals surface area contributed by atoms with Crippen molar-refractivity contribution in [3.63, 3.8) is 0 Å². The van der Waals surface area contributed by atoms with Gasteiger partial charge in [-0.25, -0.2) is 0 Å². The monoisotopic (exact) mass is 379 g/mol. The van der Waals surface area contributed by atoms with Gasteiger partial charge in [0.15, 0.2) is 0 Å². The summed E-state index contributed by atoms with van der Waals surface area (Å²) >= 11 is 0. The number of hydrogen-bond donors (Lipinski definition) is 2. The standard InChI is InChI=1S/C23H29N3O2/c1-18(20-8-4-2-5-9-20)25-23(28)22(27)24-15-14-19-10-12-21(13-11-19)26-16-6-3-7-17-26/h2,4-5,8-13,18H,3,6-7,14-17H2,1H3,(H,24,27)(H,25,28). The highest BCUT2D eigenvalue weighted by molar-refractivity contribution is 6.35. The Hall–Kier alpha value is -2.82. The summed E-state index contributed by atoms with van der Waals surface area (Å²) in [4.78, 5) is 26.5. The van der Waals surface area contributed by atoms with Crippen LogP contribution in [0.1, 0.15) is 43.4 Å². The van der Waals surface area contributed by atoms with Crippen LogP contribution in [0.3, 0.4) is 0 Å². The fourth-order valence-corrected chi connectivity index (χ4v) is 3.51. The summed E-state index contributed by atoms with van der Waals surface area (Å²) in [5.41, 5.74) is 3.39. The number of anilines is 1. The molecule has 1 aliphatic rings. The van der Waals surface area contributed by atoms with Gasteiger partial charge in [0.2, 0.25) is 0 Å². The number of nitrogens with one attached hydrogen (secondary N) is 2. The maximum atomic E-state index is 12.1. The third-order valence-corrected chi connectivity index (χ3v) is 5.21. The largest absolute Gasteiger partial charge is 0.372 e. The number of piperidine rings is 1. The second-order valence-electron chi connectivity index (χ2n) is 7.33. The smallest absolute Gasteiger partial charge is 0.309 e.